The Balaban J connectivity index is 1.69. The number of ether oxygens (including phenoxy) is 1. The maximum absolute atomic E-state index is 10.9. The molecular weight excluding hydrogens is 346 g/mol. The van der Waals surface area contributed by atoms with Gasteiger partial charge in [-0.15, -0.1) is 0 Å². The summed E-state index contributed by atoms with van der Waals surface area (Å²) in [5, 5.41) is 17.8. The number of hydrogen-bond acceptors (Lipinski definition) is 6. The van der Waals surface area contributed by atoms with E-state index in [4.69, 9.17) is 4.74 Å². The van der Waals surface area contributed by atoms with Crippen molar-refractivity contribution in [3.63, 3.8) is 0 Å². The highest BCUT2D eigenvalue weighted by Crippen LogP contribution is 2.23. The average molecular weight is 367 g/mol. The van der Waals surface area contributed by atoms with Crippen LogP contribution in [0.1, 0.15) is 19.7 Å². The molecule has 3 aromatic rings. The van der Waals surface area contributed by atoms with Gasteiger partial charge in [0.2, 0.25) is 0 Å². The lowest BCUT2D eigenvalue weighted by atomic mass is 10.2. The smallest absolute Gasteiger partial charge is 0.270 e. The molecule has 1 heterocycles. The van der Waals surface area contributed by atoms with Gasteiger partial charge in [0.15, 0.2) is 11.6 Å². The topological polar surface area (TPSA) is 97.2 Å². The Morgan fingerprint density at radius 1 is 1.15 bits per heavy atom. The first kappa shape index (κ1) is 18.4. The van der Waals surface area contributed by atoms with Gasteiger partial charge < -0.3 is 9.64 Å². The largest absolute Gasteiger partial charge is 0.486 e. The monoisotopic (exact) mass is 367 g/mol. The van der Waals surface area contributed by atoms with E-state index in [9.17, 15) is 10.1 Å². The van der Waals surface area contributed by atoms with Crippen LogP contribution in [0.5, 0.6) is 5.75 Å². The van der Waals surface area contributed by atoms with E-state index in [1.807, 2.05) is 18.2 Å². The summed E-state index contributed by atoms with van der Waals surface area (Å²) in [5.41, 5.74) is 1.69. The average Bonchev–Trinajstić information content (AvgIpc) is 3.17. The first-order valence-electron chi connectivity index (χ1n) is 8.74. The minimum absolute atomic E-state index is 0.00307. The highest BCUT2D eigenvalue weighted by molar-refractivity contribution is 5.58. The third-order valence-corrected chi connectivity index (χ3v) is 4.17. The van der Waals surface area contributed by atoms with Crippen molar-refractivity contribution < 1.29 is 9.66 Å². The molecule has 0 aliphatic carbocycles. The quantitative estimate of drug-likeness (QED) is 0.480. The zero-order valence-electron chi connectivity index (χ0n) is 15.3. The van der Waals surface area contributed by atoms with Crippen molar-refractivity contribution in [3.05, 3.63) is 64.5 Å². The molecule has 3 rings (SSSR count). The van der Waals surface area contributed by atoms with Crippen LogP contribution in [0.3, 0.4) is 0 Å². The maximum Gasteiger partial charge on any atom is 0.270 e. The van der Waals surface area contributed by atoms with Crippen LogP contribution in [0.4, 0.5) is 11.4 Å². The van der Waals surface area contributed by atoms with Gasteiger partial charge in [-0.2, -0.15) is 5.10 Å². The highest BCUT2D eigenvalue weighted by Gasteiger charge is 2.11. The minimum atomic E-state index is -0.441. The molecule has 1 aromatic heterocycles. The third-order valence-electron chi connectivity index (χ3n) is 4.17. The Labute approximate surface area is 157 Å². The number of rotatable bonds is 8. The zero-order valence-corrected chi connectivity index (χ0v) is 15.3. The van der Waals surface area contributed by atoms with Gasteiger partial charge in [-0.3, -0.25) is 15.2 Å². The lowest BCUT2D eigenvalue weighted by Crippen LogP contribution is -2.21. The van der Waals surface area contributed by atoms with Crippen LogP contribution < -0.4 is 9.64 Å². The van der Waals surface area contributed by atoms with E-state index < -0.39 is 4.92 Å². The number of H-pyrrole nitrogens is 1. The van der Waals surface area contributed by atoms with E-state index >= 15 is 0 Å². The molecule has 0 spiro atoms. The molecule has 1 N–H and O–H groups in total. The molecule has 0 saturated heterocycles. The lowest BCUT2D eigenvalue weighted by Gasteiger charge is -2.21. The zero-order chi connectivity index (χ0) is 19.2. The molecule has 0 bridgehead atoms. The molecule has 8 heteroatoms. The predicted molar refractivity (Wildman–Crippen MR) is 103 cm³/mol. The minimum Gasteiger partial charge on any atom is -0.486 e. The van der Waals surface area contributed by atoms with E-state index in [2.05, 4.69) is 40.0 Å². The number of aromatic amines is 1. The summed E-state index contributed by atoms with van der Waals surface area (Å²) >= 11 is 0. The Morgan fingerprint density at radius 2 is 1.93 bits per heavy atom. The van der Waals surface area contributed by atoms with Crippen LogP contribution >= 0.6 is 0 Å². The predicted octanol–water partition coefficient (Wildman–Crippen LogP) is 3.81. The second-order valence-corrected chi connectivity index (χ2v) is 5.87. The number of nitro groups is 1. The maximum atomic E-state index is 10.9. The molecular formula is C19H21N5O3. The van der Waals surface area contributed by atoms with Gasteiger partial charge in [0.1, 0.15) is 12.4 Å². The summed E-state index contributed by atoms with van der Waals surface area (Å²) in [7, 11) is 0. The molecule has 27 heavy (non-hydrogen) atoms. The fourth-order valence-electron chi connectivity index (χ4n) is 2.76. The van der Waals surface area contributed by atoms with Crippen molar-refractivity contribution in [1.29, 1.82) is 0 Å². The van der Waals surface area contributed by atoms with Gasteiger partial charge in [-0.1, -0.05) is 18.2 Å². The van der Waals surface area contributed by atoms with Crippen molar-refractivity contribution in [2.24, 2.45) is 0 Å². The second kappa shape index (κ2) is 8.31. The molecule has 2 aromatic carbocycles. The standard InChI is InChI=1S/C19H21N5O3/c1-3-23(4-2)15-8-6-10-17(12-15)27-13-18-20-19(22-21-18)14-7-5-9-16(11-14)24(25)26/h5-12H,3-4,13H2,1-2H3,(H,20,21,22). The normalized spacial score (nSPS) is 10.6. The van der Waals surface area contributed by atoms with Crippen LogP contribution in [-0.4, -0.2) is 33.2 Å². The first-order chi connectivity index (χ1) is 13.1. The third kappa shape index (κ3) is 4.41. The Hall–Kier alpha value is -3.42. The lowest BCUT2D eigenvalue weighted by molar-refractivity contribution is -0.384. The number of hydrogen-bond donors (Lipinski definition) is 1. The van der Waals surface area contributed by atoms with Gasteiger partial charge in [0.05, 0.1) is 4.92 Å². The number of nitro benzene ring substituents is 1. The van der Waals surface area contributed by atoms with Crippen LogP contribution in [0.15, 0.2) is 48.5 Å². The molecule has 0 aliphatic heterocycles. The second-order valence-electron chi connectivity index (χ2n) is 5.87. The molecule has 8 nitrogen and oxygen atoms in total. The van der Waals surface area contributed by atoms with E-state index in [0.717, 1.165) is 24.5 Å². The van der Waals surface area contributed by atoms with Crippen LogP contribution in [0.25, 0.3) is 11.4 Å². The van der Waals surface area contributed by atoms with E-state index in [-0.39, 0.29) is 12.3 Å². The fourth-order valence-corrected chi connectivity index (χ4v) is 2.76. The highest BCUT2D eigenvalue weighted by atomic mass is 16.6. The number of nitrogens with one attached hydrogen (secondary N) is 1. The van der Waals surface area contributed by atoms with Crippen molar-refractivity contribution >= 4 is 11.4 Å². The molecule has 0 amide bonds. The summed E-state index contributed by atoms with van der Waals surface area (Å²) in [6, 6.07) is 14.1. The number of anilines is 1. The van der Waals surface area contributed by atoms with Crippen molar-refractivity contribution in [2.45, 2.75) is 20.5 Å². The van der Waals surface area contributed by atoms with Gasteiger partial charge in [-0.05, 0) is 26.0 Å². The van der Waals surface area contributed by atoms with Crippen LogP contribution in [-0.2, 0) is 6.61 Å². The summed E-state index contributed by atoms with van der Waals surface area (Å²) in [5.74, 6) is 1.69. The summed E-state index contributed by atoms with van der Waals surface area (Å²) in [4.78, 5) is 17.1. The van der Waals surface area contributed by atoms with Crippen molar-refractivity contribution in [2.75, 3.05) is 18.0 Å². The summed E-state index contributed by atoms with van der Waals surface area (Å²) in [6.07, 6.45) is 0. The number of aromatic nitrogens is 3. The molecule has 0 aliphatic rings. The summed E-state index contributed by atoms with van der Waals surface area (Å²) in [6.45, 7) is 6.30. The molecule has 0 unspecified atom stereocenters. The first-order valence-corrected chi connectivity index (χ1v) is 8.74. The van der Waals surface area contributed by atoms with Gasteiger partial charge in [-0.25, -0.2) is 4.98 Å². The molecule has 140 valence electrons. The van der Waals surface area contributed by atoms with E-state index in [0.29, 0.717) is 17.2 Å². The van der Waals surface area contributed by atoms with Gasteiger partial charge >= 0.3 is 0 Å². The van der Waals surface area contributed by atoms with E-state index in [1.165, 1.54) is 12.1 Å². The van der Waals surface area contributed by atoms with Gasteiger partial charge in [0.25, 0.3) is 5.69 Å². The van der Waals surface area contributed by atoms with E-state index in [1.54, 1.807) is 12.1 Å². The molecule has 0 saturated carbocycles. The Kier molecular flexibility index (Phi) is 5.65. The van der Waals surface area contributed by atoms with Crippen molar-refractivity contribution in [3.8, 4) is 17.1 Å². The molecule has 0 atom stereocenters. The van der Waals surface area contributed by atoms with Gasteiger partial charge in [0, 0.05) is 42.5 Å². The molecule has 0 radical (unpaired) electrons. The number of non-ortho nitro benzene ring substituents is 1. The fraction of sp³-hybridized carbons (Fsp3) is 0.263. The number of nitrogens with zero attached hydrogens (tertiary/aromatic N) is 4. The Morgan fingerprint density at radius 3 is 2.67 bits per heavy atom. The van der Waals surface area contributed by atoms with Crippen LogP contribution in [0, 0.1) is 10.1 Å². The number of benzene rings is 2. The van der Waals surface area contributed by atoms with Crippen molar-refractivity contribution in [1.82, 2.24) is 15.2 Å². The Bertz CT molecular complexity index is 921. The molecule has 0 fully saturated rings. The van der Waals surface area contributed by atoms with Crippen LogP contribution in [0.2, 0.25) is 0 Å². The SMILES string of the molecule is CCN(CC)c1cccc(OCc2nc(-c3cccc([N+](=O)[O-])c3)n[nH]2)c1. The summed E-state index contributed by atoms with van der Waals surface area (Å²) < 4.78 is 5.81.